The number of nitrogens with one attached hydrogen (secondary N) is 1. The van der Waals surface area contributed by atoms with Crippen LogP contribution in [0.1, 0.15) is 303 Å². The number of allylic oxidation sites excluding steroid dienone is 5. The van der Waals surface area contributed by atoms with E-state index in [4.69, 9.17) is 28.4 Å². The van der Waals surface area contributed by atoms with Crippen LogP contribution >= 0.6 is 0 Å². The van der Waals surface area contributed by atoms with Crippen LogP contribution in [0.2, 0.25) is 0 Å². The van der Waals surface area contributed by atoms with Crippen LogP contribution in [0.25, 0.3) is 0 Å². The number of hydrogen-bond donors (Lipinski definition) is 12. The number of aliphatic hydroxyl groups is 11. The highest BCUT2D eigenvalue weighted by atomic mass is 16.8. The van der Waals surface area contributed by atoms with Gasteiger partial charge in [-0.15, -0.1) is 0 Å². The van der Waals surface area contributed by atoms with Crippen molar-refractivity contribution in [3.63, 3.8) is 0 Å². The molecule has 3 aliphatic heterocycles. The summed E-state index contributed by atoms with van der Waals surface area (Å²) in [6.07, 6.45) is 41.9. The Morgan fingerprint density at radius 2 is 0.681 bits per heavy atom. The maximum absolute atomic E-state index is 13.4. The van der Waals surface area contributed by atoms with Crippen molar-refractivity contribution >= 4 is 5.91 Å². The monoisotopic (exact) mass is 1340 g/mol. The van der Waals surface area contributed by atoms with Gasteiger partial charge in [-0.1, -0.05) is 294 Å². The average Bonchev–Trinajstić information content (AvgIpc) is 0.787. The summed E-state index contributed by atoms with van der Waals surface area (Å²) in [5, 5.41) is 120. The van der Waals surface area contributed by atoms with E-state index in [9.17, 15) is 61.0 Å². The highest BCUT2D eigenvalue weighted by Gasteiger charge is 2.53. The summed E-state index contributed by atoms with van der Waals surface area (Å²) in [5.41, 5.74) is 0. The van der Waals surface area contributed by atoms with Crippen LogP contribution in [0.4, 0.5) is 0 Å². The number of carbonyl (C=O) groups is 1. The minimum Gasteiger partial charge on any atom is -0.394 e. The topological polar surface area (TPSA) is 307 Å². The maximum atomic E-state index is 13.4. The molecule has 17 atom stereocenters. The molecule has 552 valence electrons. The van der Waals surface area contributed by atoms with Gasteiger partial charge in [-0.25, -0.2) is 0 Å². The molecule has 12 N–H and O–H groups in total. The van der Waals surface area contributed by atoms with E-state index in [0.717, 1.165) is 44.9 Å². The molecule has 0 saturated carbocycles. The minimum atomic E-state index is -1.98. The van der Waals surface area contributed by atoms with Crippen molar-refractivity contribution in [2.24, 2.45) is 0 Å². The first kappa shape index (κ1) is 86.2. The van der Waals surface area contributed by atoms with Gasteiger partial charge in [0.15, 0.2) is 18.9 Å². The average molecular weight is 1340 g/mol. The molecule has 0 bridgehead atoms. The second-order valence-electron chi connectivity index (χ2n) is 27.5. The van der Waals surface area contributed by atoms with Crippen LogP contribution in [-0.4, -0.2) is 193 Å². The molecule has 0 aromatic rings. The number of rotatable bonds is 60. The molecule has 3 fully saturated rings. The normalized spacial score (nSPS) is 27.5. The Kier molecular flexibility index (Phi) is 52.0. The van der Waals surface area contributed by atoms with Gasteiger partial charge in [0.25, 0.3) is 0 Å². The van der Waals surface area contributed by atoms with E-state index < -0.39 is 124 Å². The third kappa shape index (κ3) is 37.4. The van der Waals surface area contributed by atoms with Gasteiger partial charge in [-0.3, -0.25) is 4.79 Å². The fraction of sp³-hybridized carbons (Fsp3) is 0.907. The third-order valence-corrected chi connectivity index (χ3v) is 19.2. The zero-order chi connectivity index (χ0) is 68.2. The van der Waals surface area contributed by atoms with E-state index in [0.29, 0.717) is 12.8 Å². The Morgan fingerprint density at radius 3 is 1.05 bits per heavy atom. The molecule has 3 saturated heterocycles. The Labute approximate surface area is 568 Å². The molecule has 0 radical (unpaired) electrons. The number of amides is 1. The highest BCUT2D eigenvalue weighted by Crippen LogP contribution is 2.33. The van der Waals surface area contributed by atoms with Gasteiger partial charge >= 0.3 is 0 Å². The first-order chi connectivity index (χ1) is 45.8. The van der Waals surface area contributed by atoms with Crippen LogP contribution in [0, 0.1) is 0 Å². The van der Waals surface area contributed by atoms with E-state index in [2.05, 4.69) is 43.5 Å². The van der Waals surface area contributed by atoms with Gasteiger partial charge in [0, 0.05) is 6.42 Å². The van der Waals surface area contributed by atoms with E-state index in [1.54, 1.807) is 6.08 Å². The van der Waals surface area contributed by atoms with Crippen LogP contribution in [0.5, 0.6) is 0 Å². The Morgan fingerprint density at radius 1 is 0.372 bits per heavy atom. The highest BCUT2D eigenvalue weighted by molar-refractivity contribution is 5.76. The molecule has 3 heterocycles. The summed E-state index contributed by atoms with van der Waals surface area (Å²) < 4.78 is 34.3. The Balaban J connectivity index is 1.29. The molecule has 94 heavy (non-hydrogen) atoms. The molecule has 0 aromatic carbocycles. The van der Waals surface area contributed by atoms with Crippen LogP contribution < -0.4 is 5.32 Å². The number of unbranched alkanes of at least 4 members (excludes halogenated alkanes) is 40. The zero-order valence-electron chi connectivity index (χ0n) is 58.7. The first-order valence-corrected chi connectivity index (χ1v) is 38.2. The van der Waals surface area contributed by atoms with Crippen molar-refractivity contribution in [3.8, 4) is 0 Å². The van der Waals surface area contributed by atoms with Crippen molar-refractivity contribution in [2.75, 3.05) is 26.4 Å². The summed E-state index contributed by atoms with van der Waals surface area (Å²) in [6.45, 7) is 1.68. The predicted octanol–water partition coefficient (Wildman–Crippen LogP) is 11.6. The summed E-state index contributed by atoms with van der Waals surface area (Å²) >= 11 is 0. The van der Waals surface area contributed by atoms with Crippen LogP contribution in [-0.2, 0) is 33.2 Å². The lowest BCUT2D eigenvalue weighted by molar-refractivity contribution is -0.379. The molecular weight excluding hydrogens is 1200 g/mol. The van der Waals surface area contributed by atoms with Gasteiger partial charge in [0.1, 0.15) is 73.2 Å². The second-order valence-corrected chi connectivity index (χ2v) is 27.5. The molecule has 3 rings (SSSR count). The van der Waals surface area contributed by atoms with Gasteiger partial charge in [-0.2, -0.15) is 0 Å². The molecule has 3 aliphatic rings. The molecule has 1 amide bonds. The van der Waals surface area contributed by atoms with Crippen molar-refractivity contribution in [3.05, 3.63) is 36.5 Å². The number of hydrogen-bond acceptors (Lipinski definition) is 18. The van der Waals surface area contributed by atoms with Crippen molar-refractivity contribution < 1.29 is 89.4 Å². The summed E-state index contributed by atoms with van der Waals surface area (Å²) in [7, 11) is 0. The van der Waals surface area contributed by atoms with Crippen molar-refractivity contribution in [1.82, 2.24) is 5.32 Å². The van der Waals surface area contributed by atoms with Crippen LogP contribution in [0.3, 0.4) is 0 Å². The maximum Gasteiger partial charge on any atom is 0.220 e. The SMILES string of the molecule is CCCC/C=C/CC/C=C/CC/C=C/C(O)C(COC1OC(CO)C(OC2OC(CO)C(OC3OC(CO)C(O)C(O)C3O)C(O)C2O)C(O)C1O)NC(=O)CCCCCCCCCCCCCCCCCCCCCCCCCCCCCCCCCCCCCCC. The number of aliphatic hydroxyl groups excluding tert-OH is 11. The molecule has 0 aromatic heterocycles. The lowest BCUT2D eigenvalue weighted by Crippen LogP contribution is -2.66. The van der Waals surface area contributed by atoms with Crippen molar-refractivity contribution in [2.45, 2.75) is 407 Å². The van der Waals surface area contributed by atoms with Crippen LogP contribution in [0.15, 0.2) is 36.5 Å². The summed E-state index contributed by atoms with van der Waals surface area (Å²) in [4.78, 5) is 13.4. The second kappa shape index (κ2) is 56.7. The van der Waals surface area contributed by atoms with E-state index in [-0.39, 0.29) is 18.9 Å². The van der Waals surface area contributed by atoms with Gasteiger partial charge in [-0.05, 0) is 38.5 Å². The predicted molar refractivity (Wildman–Crippen MR) is 369 cm³/mol. The summed E-state index contributed by atoms with van der Waals surface area (Å²) in [6, 6.07) is -0.994. The first-order valence-electron chi connectivity index (χ1n) is 38.2. The van der Waals surface area contributed by atoms with Gasteiger partial charge < -0.3 is 89.9 Å². The van der Waals surface area contributed by atoms with Gasteiger partial charge in [0.05, 0.1) is 38.6 Å². The zero-order valence-corrected chi connectivity index (χ0v) is 58.7. The molecule has 0 spiro atoms. The Bertz CT molecular complexity index is 1840. The Hall–Kier alpha value is -1.99. The largest absolute Gasteiger partial charge is 0.394 e. The molecule has 17 unspecified atom stereocenters. The molecular formula is C75H139NO18. The lowest BCUT2D eigenvalue weighted by atomic mass is 9.96. The fourth-order valence-corrected chi connectivity index (χ4v) is 13.0. The number of carbonyl (C=O) groups excluding carboxylic acids is 1. The smallest absolute Gasteiger partial charge is 0.220 e. The quantitative estimate of drug-likeness (QED) is 0.0199. The van der Waals surface area contributed by atoms with E-state index in [1.165, 1.54) is 225 Å². The third-order valence-electron chi connectivity index (χ3n) is 19.2. The van der Waals surface area contributed by atoms with Gasteiger partial charge in [0.2, 0.25) is 5.91 Å². The molecule has 19 nitrogen and oxygen atoms in total. The molecule has 0 aliphatic carbocycles. The van der Waals surface area contributed by atoms with E-state index in [1.807, 2.05) is 6.08 Å². The standard InChI is InChI=1S/C75H139NO18/c1-3-5-7-9-11-13-15-17-18-19-20-21-22-23-24-25-26-27-28-29-30-31-32-33-34-35-36-37-38-39-40-41-43-45-47-49-51-53-63(81)76-58(59(80)52-50-48-46-44-42-16-14-12-10-8-6-4-2)57-89-73-69(87)66(84)71(61(55-78)91-73)94-75-70(88)67(85)72(62(56-79)92-75)93-74-68(86)65(83)64(82)60(54-77)90-74/h10,12,42,44,50,52,58-62,64-75,77-80,82-88H,3-9,11,13-41,43,45-49,51,53-57H2,1-2H3,(H,76,81)/b12-10+,44-42+,52-50+. The van der Waals surface area contributed by atoms with Crippen molar-refractivity contribution in [1.29, 1.82) is 0 Å². The minimum absolute atomic E-state index is 0.236. The fourth-order valence-electron chi connectivity index (χ4n) is 13.0. The lowest BCUT2D eigenvalue weighted by Gasteiger charge is -2.48. The van der Waals surface area contributed by atoms with E-state index >= 15 is 0 Å². The molecule has 19 heteroatoms. The summed E-state index contributed by atoms with van der Waals surface area (Å²) in [5.74, 6) is -0.286. The number of ether oxygens (including phenoxy) is 6.